The molecule has 1 aromatic rings. The van der Waals surface area contributed by atoms with Crippen LogP contribution in [0.5, 0.6) is 5.75 Å². The molecule has 1 aromatic carbocycles. The summed E-state index contributed by atoms with van der Waals surface area (Å²) in [5.74, 6) is -13.4. The van der Waals surface area contributed by atoms with Crippen LogP contribution < -0.4 is 75.3 Å². The number of guanidine groups is 1. The number of primary amides is 1. The summed E-state index contributed by atoms with van der Waals surface area (Å²) in [6, 6.07) is -9.97. The molecule has 3 rings (SSSR count). The van der Waals surface area contributed by atoms with E-state index in [1.54, 1.807) is 73.6 Å². The molecular formula is C58H95N15O16. The molecule has 0 bridgehead atoms. The van der Waals surface area contributed by atoms with Crippen LogP contribution in [0, 0.1) is 23.7 Å². The third-order valence-electron chi connectivity index (χ3n) is 16.3. The summed E-state index contributed by atoms with van der Waals surface area (Å²) >= 11 is 0. The third kappa shape index (κ3) is 22.4. The second kappa shape index (κ2) is 36.3. The van der Waals surface area contributed by atoms with Gasteiger partial charge in [0.05, 0.1) is 31.8 Å². The zero-order chi connectivity index (χ0) is 67.0. The number of nitrogens with two attached hydrogens (primary N) is 2. The number of esters is 1. The monoisotopic (exact) mass is 1260 g/mol. The predicted octanol–water partition coefficient (Wildman–Crippen LogP) is -4.55. The van der Waals surface area contributed by atoms with Crippen LogP contribution in [0.15, 0.2) is 29.3 Å². The van der Waals surface area contributed by atoms with Crippen LogP contribution >= 0.6 is 0 Å². The summed E-state index contributed by atoms with van der Waals surface area (Å²) < 4.78 is 5.72. The van der Waals surface area contributed by atoms with Crippen LogP contribution in [0.1, 0.15) is 120 Å². The second-order valence-corrected chi connectivity index (χ2v) is 22.9. The molecule has 2 heterocycles. The third-order valence-corrected chi connectivity index (χ3v) is 16.3. The van der Waals surface area contributed by atoms with Crippen LogP contribution in [0.4, 0.5) is 0 Å². The molecule has 0 aliphatic carbocycles. The van der Waals surface area contributed by atoms with E-state index in [1.165, 1.54) is 27.0 Å². The molecule has 11 amide bonds. The normalized spacial score (nSPS) is 22.6. The number of carbonyl (C=O) groups is 12. The van der Waals surface area contributed by atoms with E-state index >= 15 is 0 Å². The first-order chi connectivity index (χ1) is 42.0. The summed E-state index contributed by atoms with van der Waals surface area (Å²) in [4.78, 5) is 170. The molecule has 2 aliphatic rings. The number of hydrogen-bond acceptors (Lipinski definition) is 20. The number of ether oxygens (including phenoxy) is 1. The Morgan fingerprint density at radius 1 is 0.640 bits per heavy atom. The minimum absolute atomic E-state index is 0.0142. The Labute approximate surface area is 518 Å². The molecule has 1 saturated heterocycles. The summed E-state index contributed by atoms with van der Waals surface area (Å²) in [7, 11) is 1.52. The number of rotatable bonds is 32. The molecule has 31 heteroatoms. The highest BCUT2D eigenvalue weighted by Crippen LogP contribution is 2.20. The van der Waals surface area contributed by atoms with E-state index in [9.17, 15) is 72.9 Å². The number of aliphatic hydroxyl groups excluding tert-OH is 2. The number of phenols is 1. The van der Waals surface area contributed by atoms with Gasteiger partial charge in [-0.25, -0.2) is 4.79 Å². The van der Waals surface area contributed by atoms with Crippen molar-refractivity contribution in [2.45, 2.75) is 199 Å². The maximum Gasteiger partial charge on any atom is 0.329 e. The van der Waals surface area contributed by atoms with E-state index in [0.717, 1.165) is 0 Å². The lowest BCUT2D eigenvalue weighted by Crippen LogP contribution is -2.63. The zero-order valence-corrected chi connectivity index (χ0v) is 52.7. The van der Waals surface area contributed by atoms with Gasteiger partial charge in [0.1, 0.15) is 72.3 Å². The average molecular weight is 1260 g/mol. The van der Waals surface area contributed by atoms with Gasteiger partial charge in [-0.2, -0.15) is 0 Å². The van der Waals surface area contributed by atoms with E-state index in [1.807, 2.05) is 0 Å². The molecule has 2 aliphatic heterocycles. The molecule has 17 atom stereocenters. The van der Waals surface area contributed by atoms with Gasteiger partial charge in [0.15, 0.2) is 5.96 Å². The van der Waals surface area contributed by atoms with Crippen molar-refractivity contribution in [3.05, 3.63) is 29.8 Å². The van der Waals surface area contributed by atoms with Crippen LogP contribution in [-0.2, 0) is 68.7 Å². The van der Waals surface area contributed by atoms with Crippen molar-refractivity contribution in [1.29, 1.82) is 0 Å². The topological polar surface area (TPSA) is 484 Å². The lowest BCUT2D eigenvalue weighted by atomic mass is 9.94. The molecule has 31 nitrogen and oxygen atoms in total. The fourth-order valence-electron chi connectivity index (χ4n) is 9.55. The quantitative estimate of drug-likeness (QED) is 0.0302. The van der Waals surface area contributed by atoms with Crippen molar-refractivity contribution >= 4 is 76.9 Å². The van der Waals surface area contributed by atoms with Crippen LogP contribution in [0.3, 0.4) is 0 Å². The van der Waals surface area contributed by atoms with E-state index in [-0.39, 0.29) is 43.9 Å². The Morgan fingerprint density at radius 3 is 1.62 bits per heavy atom. The first kappa shape index (κ1) is 75.1. The largest absolute Gasteiger partial charge is 0.508 e. The second-order valence-electron chi connectivity index (χ2n) is 22.9. The number of aliphatic hydroxyl groups is 2. The van der Waals surface area contributed by atoms with Gasteiger partial charge in [0.2, 0.25) is 65.0 Å². The summed E-state index contributed by atoms with van der Waals surface area (Å²) in [5, 5.41) is 62.4. The number of nitrogens with zero attached hydrogens (tertiary/aromatic N) is 1. The first-order valence-corrected chi connectivity index (χ1v) is 30.2. The predicted molar refractivity (Wildman–Crippen MR) is 324 cm³/mol. The van der Waals surface area contributed by atoms with Gasteiger partial charge in [-0.1, -0.05) is 99.3 Å². The summed E-state index contributed by atoms with van der Waals surface area (Å²) in [5.41, 5.74) is 11.7. The van der Waals surface area contributed by atoms with Crippen LogP contribution in [0.25, 0.3) is 0 Å². The highest BCUT2D eigenvalue weighted by Gasteiger charge is 2.41. The Kier molecular flexibility index (Phi) is 30.6. The number of carbonyl (C=O) groups excluding carboxylic acids is 12. The fraction of sp³-hybridized carbons (Fsp3) is 0.672. The van der Waals surface area contributed by atoms with Crippen molar-refractivity contribution in [2.75, 3.05) is 26.8 Å². The van der Waals surface area contributed by atoms with Gasteiger partial charge in [-0.15, -0.1) is 0 Å². The molecule has 0 unspecified atom stereocenters. The van der Waals surface area contributed by atoms with E-state index in [2.05, 4.69) is 68.8 Å². The Hall–Kier alpha value is -8.19. The molecule has 0 aromatic heterocycles. The van der Waals surface area contributed by atoms with Crippen molar-refractivity contribution in [2.24, 2.45) is 40.1 Å². The Morgan fingerprint density at radius 2 is 1.13 bits per heavy atom. The van der Waals surface area contributed by atoms with E-state index < -0.39 is 199 Å². The molecule has 0 radical (unpaired) electrons. The minimum atomic E-state index is -1.83. The number of benzene rings is 1. The van der Waals surface area contributed by atoms with Crippen molar-refractivity contribution in [3.8, 4) is 5.75 Å². The first-order valence-electron chi connectivity index (χ1n) is 30.2. The number of aliphatic imine (C=N–C) groups is 1. The smallest absolute Gasteiger partial charge is 0.329 e. The van der Waals surface area contributed by atoms with E-state index in [4.69, 9.17) is 16.2 Å². The van der Waals surface area contributed by atoms with Gasteiger partial charge in [-0.05, 0) is 69.0 Å². The lowest BCUT2D eigenvalue weighted by molar-refractivity contribution is -0.157. The molecular weight excluding hydrogens is 1160 g/mol. The van der Waals surface area contributed by atoms with E-state index in [0.29, 0.717) is 18.4 Å². The maximum atomic E-state index is 14.4. The molecule has 0 spiro atoms. The van der Waals surface area contributed by atoms with Gasteiger partial charge in [0.25, 0.3) is 0 Å². The van der Waals surface area contributed by atoms with Gasteiger partial charge in [0, 0.05) is 12.8 Å². The SMILES string of the molecule is CC[C@H](C)[C@H](NC(=O)[C@@H](Cc1ccccc1O)NC)C(=O)N[C@@H](CO)C(=O)N[C@H](CCC(N)=O)C(=O)N[C@@H](C(=O)N[C@H](C(=O)N[C@@H](CO)C(=O)N[C@H]1C(=O)N[C@@H](C)C(=O)N[C@@H](C[C@H]2CN=C(N)N2)C(=O)N[C@@H]([C@@H](C)CC)C(=O)O[C@H]1C)[C@@H](C)CC)[C@@H](C)CC. The number of para-hydroxylation sites is 1. The lowest BCUT2D eigenvalue weighted by Gasteiger charge is -2.31. The van der Waals surface area contributed by atoms with Crippen molar-refractivity contribution < 1.29 is 77.6 Å². The minimum Gasteiger partial charge on any atom is -0.508 e. The number of likely N-dealkylation sites (N-methyl/N-ethyl adjacent to an activating group) is 1. The number of hydrogen-bond donors (Lipinski definition) is 17. The molecule has 1 fully saturated rings. The van der Waals surface area contributed by atoms with Crippen molar-refractivity contribution in [3.63, 3.8) is 0 Å². The number of cyclic esters (lactones) is 1. The molecule has 89 heavy (non-hydrogen) atoms. The Balaban J connectivity index is 1.85. The number of aromatic hydroxyl groups is 1. The highest BCUT2D eigenvalue weighted by atomic mass is 16.5. The van der Waals surface area contributed by atoms with Gasteiger partial charge >= 0.3 is 5.97 Å². The number of phenolic OH excluding ortho intramolecular Hbond substituents is 1. The molecule has 498 valence electrons. The highest BCUT2D eigenvalue weighted by molar-refractivity contribution is 6.00. The standard InChI is InChI=1S/C58H95N15O16/c1-12-27(5)42(70-49(80)36(61-11)22-33-18-16-17-19-40(33)76)53(84)67-38(25-74)51(82)65-35(20-21-41(59)77)48(79)69-44(29(7)14-3)55(86)71-43(28(6)13-2)54(85)68-39(26-75)52(83)73-46-32(10)89-57(88)45(30(8)15-4)72-50(81)37(23-34-24-62-58(60)64-34)66-47(78)31(9)63-56(46)87/h16-19,27-32,34-39,42-46,61,74-76H,12-15,20-26H2,1-11H3,(H2,59,77)(H,63,87)(H,65,82)(H,66,78)(H,67,84)(H,68,85)(H,69,79)(H,70,80)(H,71,86)(H,72,81)(H,73,83)(H3,60,62,64)/t27-,28-,29-,30-,31-,32-,34-,35+,36+,37-,38-,39-,42-,43-,44+,45-,46+/m0/s1. The van der Waals surface area contributed by atoms with Crippen LogP contribution in [0.2, 0.25) is 0 Å². The fourth-order valence-corrected chi connectivity index (χ4v) is 9.55. The van der Waals surface area contributed by atoms with Gasteiger partial charge < -0.3 is 95.3 Å². The summed E-state index contributed by atoms with van der Waals surface area (Å²) in [6.07, 6.45) is -1.11. The number of amides is 11. The molecule has 19 N–H and O–H groups in total. The average Bonchev–Trinajstić information content (AvgIpc) is 2.79. The zero-order valence-electron chi connectivity index (χ0n) is 52.7. The maximum absolute atomic E-state index is 14.4. The van der Waals surface area contributed by atoms with Crippen molar-refractivity contribution in [1.82, 2.24) is 63.8 Å². The van der Waals surface area contributed by atoms with Crippen LogP contribution in [-0.4, -0.2) is 198 Å². The van der Waals surface area contributed by atoms with Gasteiger partial charge in [-0.3, -0.25) is 57.7 Å². The number of nitrogens with one attached hydrogen (secondary N) is 12. The summed E-state index contributed by atoms with van der Waals surface area (Å²) in [6.45, 7) is 14.2. The Bertz CT molecular complexity index is 2680. The molecule has 0 saturated carbocycles.